The van der Waals surface area contributed by atoms with Gasteiger partial charge in [0, 0.05) is 11.1 Å². The summed E-state index contributed by atoms with van der Waals surface area (Å²) in [7, 11) is 0. The lowest BCUT2D eigenvalue weighted by molar-refractivity contribution is -0.137. The van der Waals surface area contributed by atoms with E-state index in [4.69, 9.17) is 5.73 Å². The molecule has 2 N–H and O–H groups in total. The molecule has 1 aromatic heterocycles. The quantitative estimate of drug-likeness (QED) is 0.849. The van der Waals surface area contributed by atoms with Crippen molar-refractivity contribution in [3.63, 3.8) is 0 Å². The van der Waals surface area contributed by atoms with Crippen LogP contribution in [0.3, 0.4) is 0 Å². The van der Waals surface area contributed by atoms with E-state index < -0.39 is 11.7 Å². The molecule has 1 aromatic carbocycles. The largest absolute Gasteiger partial charge is 0.416 e. The van der Waals surface area contributed by atoms with Crippen LogP contribution in [-0.4, -0.2) is 9.97 Å². The Morgan fingerprint density at radius 2 is 1.67 bits per heavy atom. The van der Waals surface area contributed by atoms with Gasteiger partial charge in [-0.1, -0.05) is 12.1 Å². The molecule has 2 rings (SSSR count). The van der Waals surface area contributed by atoms with Gasteiger partial charge in [-0.15, -0.1) is 0 Å². The number of alkyl halides is 3. The van der Waals surface area contributed by atoms with Crippen LogP contribution in [-0.2, 0) is 6.18 Å². The van der Waals surface area contributed by atoms with Gasteiger partial charge in [-0.25, -0.2) is 9.97 Å². The third-order valence-corrected chi connectivity index (χ3v) is 2.61. The van der Waals surface area contributed by atoms with Gasteiger partial charge in [0.2, 0.25) is 0 Å². The summed E-state index contributed by atoms with van der Waals surface area (Å²) >= 11 is 0. The molecule has 0 saturated heterocycles. The van der Waals surface area contributed by atoms with Crippen molar-refractivity contribution in [3.05, 3.63) is 41.7 Å². The molecule has 0 bridgehead atoms. The normalized spacial score (nSPS) is 11.6. The summed E-state index contributed by atoms with van der Waals surface area (Å²) in [6.45, 7) is 1.72. The van der Waals surface area contributed by atoms with Gasteiger partial charge in [0.25, 0.3) is 0 Å². The molecule has 1 heterocycles. The minimum Gasteiger partial charge on any atom is -0.383 e. The fraction of sp³-hybridized carbons (Fsp3) is 0.167. The van der Waals surface area contributed by atoms with Crippen LogP contribution in [0.5, 0.6) is 0 Å². The van der Waals surface area contributed by atoms with Crippen molar-refractivity contribution in [1.82, 2.24) is 9.97 Å². The minimum absolute atomic E-state index is 0.319. The molecule has 0 aliphatic heterocycles. The molecule has 0 unspecified atom stereocenters. The summed E-state index contributed by atoms with van der Waals surface area (Å²) in [5.74, 6) is 0.319. The second kappa shape index (κ2) is 4.29. The number of aromatic nitrogens is 2. The van der Waals surface area contributed by atoms with Crippen molar-refractivity contribution in [2.24, 2.45) is 0 Å². The fourth-order valence-electron chi connectivity index (χ4n) is 1.57. The Morgan fingerprint density at radius 3 is 2.22 bits per heavy atom. The maximum absolute atomic E-state index is 12.4. The number of benzene rings is 1. The van der Waals surface area contributed by atoms with Gasteiger partial charge in [0.05, 0.1) is 11.3 Å². The van der Waals surface area contributed by atoms with E-state index in [-0.39, 0.29) is 0 Å². The highest BCUT2D eigenvalue weighted by Gasteiger charge is 2.30. The van der Waals surface area contributed by atoms with Crippen LogP contribution in [0, 0.1) is 6.92 Å². The molecule has 18 heavy (non-hydrogen) atoms. The van der Waals surface area contributed by atoms with Gasteiger partial charge in [0.15, 0.2) is 0 Å². The first-order chi connectivity index (χ1) is 8.39. The number of nitrogens with two attached hydrogens (primary N) is 1. The molecule has 0 amide bonds. The lowest BCUT2D eigenvalue weighted by Gasteiger charge is -2.09. The number of nitrogen functional groups attached to an aromatic ring is 1. The van der Waals surface area contributed by atoms with E-state index in [2.05, 4.69) is 9.97 Å². The molecule has 0 atom stereocenters. The highest BCUT2D eigenvalue weighted by molar-refractivity contribution is 5.67. The molecular weight excluding hydrogens is 243 g/mol. The van der Waals surface area contributed by atoms with Crippen molar-refractivity contribution in [1.29, 1.82) is 0 Å². The molecule has 0 aliphatic rings. The smallest absolute Gasteiger partial charge is 0.383 e. The second-order valence-corrected chi connectivity index (χ2v) is 3.81. The van der Waals surface area contributed by atoms with Crippen LogP contribution < -0.4 is 5.73 Å². The van der Waals surface area contributed by atoms with Gasteiger partial charge in [0.1, 0.15) is 12.1 Å². The molecule has 3 nitrogen and oxygen atoms in total. The Labute approximate surface area is 101 Å². The zero-order valence-corrected chi connectivity index (χ0v) is 9.49. The Hall–Kier alpha value is -2.11. The van der Waals surface area contributed by atoms with Gasteiger partial charge in [-0.05, 0) is 19.1 Å². The van der Waals surface area contributed by atoms with E-state index in [0.29, 0.717) is 22.6 Å². The standard InChI is InChI=1S/C12H10F3N3/c1-7-10(17-6-18-11(7)16)8-2-4-9(5-3-8)12(13,14)15/h2-6H,1H3,(H2,16,17,18). The Bertz CT molecular complexity index is 562. The monoisotopic (exact) mass is 253 g/mol. The molecular formula is C12H10F3N3. The molecule has 0 spiro atoms. The highest BCUT2D eigenvalue weighted by Crippen LogP contribution is 2.31. The van der Waals surface area contributed by atoms with Gasteiger partial charge >= 0.3 is 6.18 Å². The number of hydrogen-bond acceptors (Lipinski definition) is 3. The van der Waals surface area contributed by atoms with Crippen molar-refractivity contribution in [3.8, 4) is 11.3 Å². The first-order valence-corrected chi connectivity index (χ1v) is 5.14. The van der Waals surface area contributed by atoms with Crippen molar-refractivity contribution in [2.75, 3.05) is 5.73 Å². The van der Waals surface area contributed by atoms with Crippen LogP contribution in [0.4, 0.5) is 19.0 Å². The van der Waals surface area contributed by atoms with Crippen LogP contribution in [0.2, 0.25) is 0 Å². The van der Waals surface area contributed by atoms with E-state index in [1.807, 2.05) is 0 Å². The number of nitrogens with zero attached hydrogens (tertiary/aromatic N) is 2. The summed E-state index contributed by atoms with van der Waals surface area (Å²) in [6, 6.07) is 4.79. The van der Waals surface area contributed by atoms with E-state index >= 15 is 0 Å². The van der Waals surface area contributed by atoms with Crippen molar-refractivity contribution in [2.45, 2.75) is 13.1 Å². The average molecular weight is 253 g/mol. The minimum atomic E-state index is -4.34. The summed E-state index contributed by atoms with van der Waals surface area (Å²) in [6.07, 6.45) is -3.05. The molecule has 0 fully saturated rings. The highest BCUT2D eigenvalue weighted by atomic mass is 19.4. The Balaban J connectivity index is 2.44. The zero-order chi connectivity index (χ0) is 13.3. The Morgan fingerprint density at radius 1 is 1.06 bits per heavy atom. The summed E-state index contributed by atoms with van der Waals surface area (Å²) < 4.78 is 37.3. The molecule has 0 radical (unpaired) electrons. The summed E-state index contributed by atoms with van der Waals surface area (Å²) in [5, 5.41) is 0. The van der Waals surface area contributed by atoms with Crippen LogP contribution in [0.15, 0.2) is 30.6 Å². The molecule has 94 valence electrons. The van der Waals surface area contributed by atoms with E-state index in [1.165, 1.54) is 18.5 Å². The SMILES string of the molecule is Cc1c(N)ncnc1-c1ccc(C(F)(F)F)cc1. The zero-order valence-electron chi connectivity index (χ0n) is 9.49. The number of rotatable bonds is 1. The molecule has 2 aromatic rings. The summed E-state index contributed by atoms with van der Waals surface area (Å²) in [5.41, 5.74) is 6.70. The maximum Gasteiger partial charge on any atom is 0.416 e. The van der Waals surface area contributed by atoms with Gasteiger partial charge < -0.3 is 5.73 Å². The molecule has 0 saturated carbocycles. The van der Waals surface area contributed by atoms with Gasteiger partial charge in [-0.3, -0.25) is 0 Å². The van der Waals surface area contributed by atoms with Crippen molar-refractivity contribution < 1.29 is 13.2 Å². The van der Waals surface area contributed by atoms with E-state index in [0.717, 1.165) is 12.1 Å². The van der Waals surface area contributed by atoms with Crippen LogP contribution in [0.1, 0.15) is 11.1 Å². The number of anilines is 1. The molecule has 0 aliphatic carbocycles. The lowest BCUT2D eigenvalue weighted by atomic mass is 10.1. The third kappa shape index (κ3) is 2.27. The van der Waals surface area contributed by atoms with Crippen molar-refractivity contribution >= 4 is 5.82 Å². The van der Waals surface area contributed by atoms with Gasteiger partial charge in [-0.2, -0.15) is 13.2 Å². The number of hydrogen-bond donors (Lipinski definition) is 1. The fourth-order valence-corrected chi connectivity index (χ4v) is 1.57. The predicted molar refractivity (Wildman–Crippen MR) is 61.6 cm³/mol. The maximum atomic E-state index is 12.4. The van der Waals surface area contributed by atoms with E-state index in [1.54, 1.807) is 6.92 Å². The lowest BCUT2D eigenvalue weighted by Crippen LogP contribution is -2.04. The topological polar surface area (TPSA) is 51.8 Å². The van der Waals surface area contributed by atoms with Crippen LogP contribution >= 0.6 is 0 Å². The number of halogens is 3. The first-order valence-electron chi connectivity index (χ1n) is 5.14. The van der Waals surface area contributed by atoms with Crippen LogP contribution in [0.25, 0.3) is 11.3 Å². The van der Waals surface area contributed by atoms with E-state index in [9.17, 15) is 13.2 Å². The predicted octanol–water partition coefficient (Wildman–Crippen LogP) is 3.05. The second-order valence-electron chi connectivity index (χ2n) is 3.81. The summed E-state index contributed by atoms with van der Waals surface area (Å²) in [4.78, 5) is 7.84. The third-order valence-electron chi connectivity index (χ3n) is 2.61. The average Bonchev–Trinajstić information content (AvgIpc) is 2.32. The Kier molecular flexibility index (Phi) is 2.94. The molecule has 6 heteroatoms. The first kappa shape index (κ1) is 12.3.